The molecule has 8 heteroatoms. The molecule has 1 aliphatic heterocycles. The van der Waals surface area contributed by atoms with Crippen molar-refractivity contribution in [3.05, 3.63) is 83.0 Å². The molecule has 3 N–H and O–H groups in total. The van der Waals surface area contributed by atoms with E-state index in [1.807, 2.05) is 37.3 Å². The second-order valence-corrected chi connectivity index (χ2v) is 7.13. The summed E-state index contributed by atoms with van der Waals surface area (Å²) in [4.78, 5) is 38.8. The summed E-state index contributed by atoms with van der Waals surface area (Å²) in [7, 11) is 0. The topological polar surface area (TPSA) is 107 Å². The second-order valence-electron chi connectivity index (χ2n) is 7.13. The number of imide groups is 1. The van der Waals surface area contributed by atoms with Gasteiger partial charge in [0.05, 0.1) is 24.7 Å². The molecule has 1 aliphatic rings. The molecule has 2 heterocycles. The summed E-state index contributed by atoms with van der Waals surface area (Å²) in [6.45, 7) is 2.35. The number of hydrogen-bond acceptors (Lipinski definition) is 4. The number of aromatic amines is 1. The predicted molar refractivity (Wildman–Crippen MR) is 111 cm³/mol. The van der Waals surface area contributed by atoms with Gasteiger partial charge in [-0.1, -0.05) is 48.5 Å². The summed E-state index contributed by atoms with van der Waals surface area (Å²) in [5, 5.41) is 12.3. The highest BCUT2D eigenvalue weighted by atomic mass is 16.2. The quantitative estimate of drug-likeness (QED) is 0.622. The third kappa shape index (κ3) is 3.93. The van der Waals surface area contributed by atoms with Crippen molar-refractivity contribution < 1.29 is 14.4 Å². The lowest BCUT2D eigenvalue weighted by molar-refractivity contribution is -0.117. The molecule has 0 spiro atoms. The van der Waals surface area contributed by atoms with Crippen LogP contribution in [0.2, 0.25) is 0 Å². The zero-order chi connectivity index (χ0) is 21.1. The number of nitrogens with zero attached hydrogens (tertiary/aromatic N) is 2. The molecule has 30 heavy (non-hydrogen) atoms. The van der Waals surface area contributed by atoms with Gasteiger partial charge in [0.15, 0.2) is 5.82 Å². The Hall–Kier alpha value is -3.94. The molecule has 8 nitrogen and oxygen atoms in total. The Morgan fingerprint density at radius 3 is 2.37 bits per heavy atom. The highest BCUT2D eigenvalue weighted by Gasteiger charge is 2.30. The molecule has 1 unspecified atom stereocenters. The van der Waals surface area contributed by atoms with Crippen LogP contribution in [-0.4, -0.2) is 32.9 Å². The van der Waals surface area contributed by atoms with Gasteiger partial charge < -0.3 is 10.2 Å². The molecular formula is C22H21N5O3. The number of urea groups is 1. The second kappa shape index (κ2) is 8.20. The maximum Gasteiger partial charge on any atom is 0.324 e. The van der Waals surface area contributed by atoms with E-state index < -0.39 is 11.9 Å². The fourth-order valence-corrected chi connectivity index (χ4v) is 3.34. The largest absolute Gasteiger partial charge is 0.324 e. The van der Waals surface area contributed by atoms with Crippen molar-refractivity contribution in [2.45, 2.75) is 25.9 Å². The number of hydrogen-bond donors (Lipinski definition) is 3. The number of anilines is 1. The lowest BCUT2D eigenvalue weighted by atomic mass is 10.0. The van der Waals surface area contributed by atoms with Gasteiger partial charge in [-0.05, 0) is 24.6 Å². The van der Waals surface area contributed by atoms with Crippen LogP contribution in [0, 0.1) is 0 Å². The van der Waals surface area contributed by atoms with Crippen molar-refractivity contribution in [3.63, 3.8) is 0 Å². The van der Waals surface area contributed by atoms with Crippen LogP contribution in [0.15, 0.2) is 60.7 Å². The van der Waals surface area contributed by atoms with Crippen molar-refractivity contribution in [1.82, 2.24) is 20.4 Å². The summed E-state index contributed by atoms with van der Waals surface area (Å²) in [6.07, 6.45) is 0. The van der Waals surface area contributed by atoms with Gasteiger partial charge >= 0.3 is 6.03 Å². The first-order chi connectivity index (χ1) is 14.5. The summed E-state index contributed by atoms with van der Waals surface area (Å²) >= 11 is 0. The van der Waals surface area contributed by atoms with Crippen LogP contribution in [0.25, 0.3) is 0 Å². The molecule has 0 saturated heterocycles. The first-order valence-electron chi connectivity index (χ1n) is 9.60. The lowest BCUT2D eigenvalue weighted by Crippen LogP contribution is -2.40. The minimum Gasteiger partial charge on any atom is -0.314 e. The van der Waals surface area contributed by atoms with Gasteiger partial charge in [0.2, 0.25) is 5.91 Å². The van der Waals surface area contributed by atoms with E-state index in [4.69, 9.17) is 0 Å². The number of rotatable bonds is 4. The molecule has 1 aromatic heterocycles. The Morgan fingerprint density at radius 1 is 1.00 bits per heavy atom. The molecule has 0 fully saturated rings. The van der Waals surface area contributed by atoms with Crippen molar-refractivity contribution in [2.24, 2.45) is 0 Å². The number of fused-ring (bicyclic) bond motifs is 1. The minimum atomic E-state index is -0.497. The Morgan fingerprint density at radius 2 is 1.67 bits per heavy atom. The highest BCUT2D eigenvalue weighted by Crippen LogP contribution is 2.28. The Labute approximate surface area is 173 Å². The van der Waals surface area contributed by atoms with E-state index in [2.05, 4.69) is 20.8 Å². The SMILES string of the molecule is CC(C(=O)Nc1n[nH]c2c1CN(C(=O)NC(=O)c1ccccc1)C2)c1ccccc1. The molecular weight excluding hydrogens is 382 g/mol. The number of aromatic nitrogens is 2. The van der Waals surface area contributed by atoms with E-state index in [-0.39, 0.29) is 24.9 Å². The van der Waals surface area contributed by atoms with Gasteiger partial charge in [-0.25, -0.2) is 4.79 Å². The van der Waals surface area contributed by atoms with E-state index in [9.17, 15) is 14.4 Å². The summed E-state index contributed by atoms with van der Waals surface area (Å²) in [6, 6.07) is 17.5. The van der Waals surface area contributed by atoms with Crippen LogP contribution in [0.4, 0.5) is 10.6 Å². The van der Waals surface area contributed by atoms with E-state index in [1.165, 1.54) is 4.90 Å². The molecule has 0 aliphatic carbocycles. The predicted octanol–water partition coefficient (Wildman–Crippen LogP) is 3.02. The summed E-state index contributed by atoms with van der Waals surface area (Å²) in [5.74, 6) is -0.581. The van der Waals surface area contributed by atoms with Crippen molar-refractivity contribution >= 4 is 23.7 Å². The number of carbonyl (C=O) groups excluding carboxylic acids is 3. The zero-order valence-corrected chi connectivity index (χ0v) is 16.4. The number of nitrogens with one attached hydrogen (secondary N) is 3. The van der Waals surface area contributed by atoms with Crippen LogP contribution in [0.3, 0.4) is 0 Å². The van der Waals surface area contributed by atoms with Crippen LogP contribution < -0.4 is 10.6 Å². The number of benzene rings is 2. The molecule has 1 atom stereocenters. The molecule has 0 radical (unpaired) electrons. The molecule has 0 saturated carbocycles. The van der Waals surface area contributed by atoms with Crippen LogP contribution >= 0.6 is 0 Å². The summed E-state index contributed by atoms with van der Waals surface area (Å²) < 4.78 is 0. The number of amides is 4. The number of H-pyrrole nitrogens is 1. The lowest BCUT2D eigenvalue weighted by Gasteiger charge is -2.16. The fourth-order valence-electron chi connectivity index (χ4n) is 3.34. The third-order valence-corrected chi connectivity index (χ3v) is 5.13. The maximum atomic E-state index is 12.6. The van der Waals surface area contributed by atoms with E-state index in [0.29, 0.717) is 11.4 Å². The first kappa shape index (κ1) is 19.4. The Bertz CT molecular complexity index is 1080. The van der Waals surface area contributed by atoms with E-state index in [0.717, 1.165) is 16.8 Å². The Balaban J connectivity index is 1.39. The first-order valence-corrected chi connectivity index (χ1v) is 9.60. The van der Waals surface area contributed by atoms with Gasteiger partial charge in [-0.3, -0.25) is 20.0 Å². The maximum absolute atomic E-state index is 12.6. The molecule has 3 aromatic rings. The molecule has 0 bridgehead atoms. The van der Waals surface area contributed by atoms with Crippen molar-refractivity contribution in [2.75, 3.05) is 5.32 Å². The summed E-state index contributed by atoms with van der Waals surface area (Å²) in [5.41, 5.74) is 2.79. The molecule has 152 valence electrons. The van der Waals surface area contributed by atoms with Gasteiger partial charge in [0, 0.05) is 11.1 Å². The van der Waals surface area contributed by atoms with Crippen molar-refractivity contribution in [1.29, 1.82) is 0 Å². The average molecular weight is 403 g/mol. The van der Waals surface area contributed by atoms with Gasteiger partial charge in [0.1, 0.15) is 0 Å². The van der Waals surface area contributed by atoms with E-state index >= 15 is 0 Å². The molecule has 2 aromatic carbocycles. The molecule has 4 rings (SSSR count). The van der Waals surface area contributed by atoms with E-state index in [1.54, 1.807) is 30.3 Å². The number of carbonyl (C=O) groups is 3. The normalized spacial score (nSPS) is 13.4. The van der Waals surface area contributed by atoms with Crippen LogP contribution in [-0.2, 0) is 17.9 Å². The standard InChI is InChI=1S/C22H21N5O3/c1-14(15-8-4-2-5-9-15)20(28)23-19-17-12-27(13-18(17)25-26-19)22(30)24-21(29)16-10-6-3-7-11-16/h2-11,14H,12-13H2,1H3,(H,24,29,30)(H2,23,25,26,28). The average Bonchev–Trinajstić information content (AvgIpc) is 3.36. The van der Waals surface area contributed by atoms with Gasteiger partial charge in [-0.2, -0.15) is 5.10 Å². The van der Waals surface area contributed by atoms with Crippen LogP contribution in [0.5, 0.6) is 0 Å². The van der Waals surface area contributed by atoms with Gasteiger partial charge in [0.25, 0.3) is 5.91 Å². The minimum absolute atomic E-state index is 0.183. The van der Waals surface area contributed by atoms with Crippen molar-refractivity contribution in [3.8, 4) is 0 Å². The van der Waals surface area contributed by atoms with Gasteiger partial charge in [-0.15, -0.1) is 0 Å². The zero-order valence-electron chi connectivity index (χ0n) is 16.4. The monoisotopic (exact) mass is 403 g/mol. The third-order valence-electron chi connectivity index (χ3n) is 5.13. The Kier molecular flexibility index (Phi) is 5.30. The fraction of sp³-hybridized carbons (Fsp3) is 0.182. The van der Waals surface area contributed by atoms with Crippen LogP contribution in [0.1, 0.15) is 40.0 Å². The highest BCUT2D eigenvalue weighted by molar-refractivity contribution is 6.04. The smallest absolute Gasteiger partial charge is 0.314 e. The molecule has 4 amide bonds.